The number of rotatable bonds is 6. The molecule has 1 saturated carbocycles. The Balaban J connectivity index is 2.50. The summed E-state index contributed by atoms with van der Waals surface area (Å²) in [5, 5.41) is 1.09. The highest BCUT2D eigenvalue weighted by Crippen LogP contribution is 2.66. The van der Waals surface area contributed by atoms with E-state index in [0.717, 1.165) is 10.6 Å². The fourth-order valence-electron chi connectivity index (χ4n) is 3.39. The summed E-state index contributed by atoms with van der Waals surface area (Å²) in [5.74, 6) is -1.57. The highest BCUT2D eigenvalue weighted by atomic mass is 16.7. The maximum atomic E-state index is 13.1. The molecule has 0 spiro atoms. The lowest BCUT2D eigenvalue weighted by molar-refractivity contribution is -0.186. The van der Waals surface area contributed by atoms with E-state index in [9.17, 15) is 9.59 Å². The van der Waals surface area contributed by atoms with Crippen molar-refractivity contribution >= 4 is 11.9 Å². The van der Waals surface area contributed by atoms with Gasteiger partial charge in [-0.3, -0.25) is 14.4 Å². The number of esters is 1. The number of carbonyl (C=O) groups is 2. The summed E-state index contributed by atoms with van der Waals surface area (Å²) in [7, 11) is 4.45. The first kappa shape index (κ1) is 19.4. The highest BCUT2D eigenvalue weighted by molar-refractivity contribution is 6.08. The summed E-state index contributed by atoms with van der Waals surface area (Å²) in [4.78, 5) is 31.3. The van der Waals surface area contributed by atoms with E-state index in [2.05, 4.69) is 0 Å². The molecule has 3 unspecified atom stereocenters. The molecule has 1 aromatic carbocycles. The fourth-order valence-corrected chi connectivity index (χ4v) is 3.39. The number of benzene rings is 1. The van der Waals surface area contributed by atoms with Crippen LogP contribution in [0.1, 0.15) is 32.3 Å². The fraction of sp³-hybridized carbons (Fsp3) is 0.579. The predicted octanol–water partition coefficient (Wildman–Crippen LogP) is 2.39. The third-order valence-corrected chi connectivity index (χ3v) is 4.52. The number of hydrogen-bond donors (Lipinski definition) is 0. The van der Waals surface area contributed by atoms with Gasteiger partial charge in [-0.2, -0.15) is 0 Å². The van der Waals surface area contributed by atoms with Gasteiger partial charge in [-0.05, 0) is 26.3 Å². The van der Waals surface area contributed by atoms with Gasteiger partial charge in [0.15, 0.2) is 5.41 Å². The van der Waals surface area contributed by atoms with Crippen molar-refractivity contribution in [3.05, 3.63) is 35.9 Å². The topological polar surface area (TPSA) is 65.1 Å². The molecule has 0 radical (unpaired) electrons. The summed E-state index contributed by atoms with van der Waals surface area (Å²) in [6.45, 7) is 5.64. The van der Waals surface area contributed by atoms with Crippen LogP contribution in [0.25, 0.3) is 0 Å². The second-order valence-electron chi connectivity index (χ2n) is 7.31. The van der Waals surface area contributed by atoms with Gasteiger partial charge in [0.05, 0.1) is 13.7 Å². The maximum absolute atomic E-state index is 13.1. The quantitative estimate of drug-likeness (QED) is 0.448. The maximum Gasteiger partial charge on any atom is 0.323 e. The normalized spacial score (nSPS) is 25.4. The number of methoxy groups -OCH3 is 1. The van der Waals surface area contributed by atoms with Crippen molar-refractivity contribution in [1.82, 2.24) is 5.06 Å². The lowest BCUT2D eigenvalue weighted by atomic mass is 9.97. The number of carbonyl (C=O) groups excluding carboxylic acids is 2. The third kappa shape index (κ3) is 3.55. The molecule has 0 aliphatic heterocycles. The van der Waals surface area contributed by atoms with Crippen LogP contribution in [0, 0.1) is 11.3 Å². The molecule has 1 fully saturated rings. The summed E-state index contributed by atoms with van der Waals surface area (Å²) in [6.07, 6.45) is 0. The number of ether oxygens (including phenoxy) is 2. The van der Waals surface area contributed by atoms with Crippen LogP contribution in [0.2, 0.25) is 0 Å². The molecule has 1 aromatic rings. The average Bonchev–Trinajstić information content (AvgIpc) is 3.22. The van der Waals surface area contributed by atoms with Gasteiger partial charge < -0.3 is 9.47 Å². The Labute approximate surface area is 149 Å². The molecule has 1 aliphatic rings. The van der Waals surface area contributed by atoms with Crippen molar-refractivity contribution < 1.29 is 23.9 Å². The smallest absolute Gasteiger partial charge is 0.323 e. The van der Waals surface area contributed by atoms with Crippen LogP contribution in [0.3, 0.4) is 0 Å². The first-order valence-corrected chi connectivity index (χ1v) is 8.29. The molecule has 6 nitrogen and oxygen atoms in total. The Bertz CT molecular complexity index is 624. The molecule has 25 heavy (non-hydrogen) atoms. The largest absolute Gasteiger partial charge is 0.459 e. The Hall–Kier alpha value is -1.92. The molecule has 0 heterocycles. The monoisotopic (exact) mass is 349 g/mol. The molecule has 0 aromatic heterocycles. The Morgan fingerprint density at radius 2 is 1.76 bits per heavy atom. The van der Waals surface area contributed by atoms with Gasteiger partial charge in [0.25, 0.3) is 5.91 Å². The van der Waals surface area contributed by atoms with Gasteiger partial charge in [-0.25, -0.2) is 5.06 Å². The molecule has 3 atom stereocenters. The summed E-state index contributed by atoms with van der Waals surface area (Å²) in [6, 6.07) is 9.51. The van der Waals surface area contributed by atoms with Crippen molar-refractivity contribution in [3.8, 4) is 0 Å². The van der Waals surface area contributed by atoms with E-state index < -0.39 is 22.9 Å². The molecule has 6 heteroatoms. The number of nitrogens with zero attached hydrogens (tertiary/aromatic N) is 1. The number of hydroxylamine groups is 2. The molecule has 1 amide bonds. The molecule has 138 valence electrons. The van der Waals surface area contributed by atoms with Gasteiger partial charge >= 0.3 is 5.97 Å². The minimum atomic E-state index is -1.34. The van der Waals surface area contributed by atoms with Gasteiger partial charge in [0.1, 0.15) is 5.60 Å². The van der Waals surface area contributed by atoms with Crippen LogP contribution in [0.4, 0.5) is 0 Å². The SMILES string of the molecule is COCC1C(c2ccccc2)C1(C(=O)OC(C)(C)C)C(=O)N(C)OC. The van der Waals surface area contributed by atoms with Gasteiger partial charge in [0, 0.05) is 26.0 Å². The zero-order chi connectivity index (χ0) is 18.8. The first-order valence-electron chi connectivity index (χ1n) is 8.29. The van der Waals surface area contributed by atoms with Gasteiger partial charge in [-0.15, -0.1) is 0 Å². The number of hydrogen-bond acceptors (Lipinski definition) is 5. The molecule has 2 rings (SSSR count). The van der Waals surface area contributed by atoms with E-state index in [1.165, 1.54) is 14.2 Å². The van der Waals surface area contributed by atoms with Crippen molar-refractivity contribution in [3.63, 3.8) is 0 Å². The van der Waals surface area contributed by atoms with Crippen molar-refractivity contribution in [1.29, 1.82) is 0 Å². The highest BCUT2D eigenvalue weighted by Gasteiger charge is 2.76. The average molecular weight is 349 g/mol. The van der Waals surface area contributed by atoms with Gasteiger partial charge in [0.2, 0.25) is 0 Å². The second-order valence-corrected chi connectivity index (χ2v) is 7.31. The molecule has 0 N–H and O–H groups in total. The zero-order valence-corrected chi connectivity index (χ0v) is 15.7. The van der Waals surface area contributed by atoms with Crippen LogP contribution >= 0.6 is 0 Å². The second kappa shape index (κ2) is 7.14. The summed E-state index contributed by atoms with van der Waals surface area (Å²) >= 11 is 0. The van der Waals surface area contributed by atoms with Crippen molar-refractivity contribution in [2.24, 2.45) is 11.3 Å². The standard InChI is InChI=1S/C19H27NO5/c1-18(2,3)25-17(22)19(16(21)20(4)24-6)14(12-23-5)15(19)13-10-8-7-9-11-13/h7-11,14-15H,12H2,1-6H3. The summed E-state index contributed by atoms with van der Waals surface area (Å²) in [5.41, 5.74) is -1.12. The first-order chi connectivity index (χ1) is 11.7. The van der Waals surface area contributed by atoms with Crippen LogP contribution in [0.15, 0.2) is 30.3 Å². The van der Waals surface area contributed by atoms with Crippen LogP contribution in [-0.4, -0.2) is 50.4 Å². The van der Waals surface area contributed by atoms with E-state index >= 15 is 0 Å². The zero-order valence-electron chi connectivity index (χ0n) is 15.7. The molecule has 0 saturated heterocycles. The summed E-state index contributed by atoms with van der Waals surface area (Å²) < 4.78 is 10.9. The van der Waals surface area contributed by atoms with Gasteiger partial charge in [-0.1, -0.05) is 30.3 Å². The van der Waals surface area contributed by atoms with E-state index in [4.69, 9.17) is 14.3 Å². The van der Waals surface area contributed by atoms with E-state index in [1.54, 1.807) is 27.9 Å². The predicted molar refractivity (Wildman–Crippen MR) is 92.6 cm³/mol. The number of amides is 1. The van der Waals surface area contributed by atoms with E-state index in [-0.39, 0.29) is 18.4 Å². The van der Waals surface area contributed by atoms with Crippen LogP contribution < -0.4 is 0 Å². The molecular formula is C19H27NO5. The minimum absolute atomic E-state index is 0.280. The Kier molecular flexibility index (Phi) is 5.54. The van der Waals surface area contributed by atoms with Crippen molar-refractivity contribution in [2.45, 2.75) is 32.3 Å². The molecular weight excluding hydrogens is 322 g/mol. The minimum Gasteiger partial charge on any atom is -0.459 e. The third-order valence-electron chi connectivity index (χ3n) is 4.52. The lowest BCUT2D eigenvalue weighted by Crippen LogP contribution is -2.43. The Morgan fingerprint density at radius 3 is 2.24 bits per heavy atom. The molecule has 0 bridgehead atoms. The van der Waals surface area contributed by atoms with Crippen LogP contribution in [-0.2, 0) is 23.9 Å². The molecule has 1 aliphatic carbocycles. The Morgan fingerprint density at radius 1 is 1.16 bits per heavy atom. The van der Waals surface area contributed by atoms with E-state index in [1.807, 2.05) is 30.3 Å². The lowest BCUT2D eigenvalue weighted by Gasteiger charge is -2.27. The van der Waals surface area contributed by atoms with E-state index in [0.29, 0.717) is 0 Å². The van der Waals surface area contributed by atoms with Crippen molar-refractivity contribution in [2.75, 3.05) is 27.9 Å². The van der Waals surface area contributed by atoms with Crippen LogP contribution in [0.5, 0.6) is 0 Å².